The van der Waals surface area contributed by atoms with Crippen molar-refractivity contribution in [2.75, 3.05) is 33.3 Å². The van der Waals surface area contributed by atoms with Crippen LogP contribution in [0.25, 0.3) is 0 Å². The lowest BCUT2D eigenvalue weighted by molar-refractivity contribution is 0.0601. The number of piperazine rings is 1. The molecule has 0 saturated carbocycles. The third-order valence-electron chi connectivity index (χ3n) is 2.67. The predicted octanol–water partition coefficient (Wildman–Crippen LogP) is 0.129. The first-order valence-electron chi connectivity index (χ1n) is 5.43. The Morgan fingerprint density at radius 1 is 1.44 bits per heavy atom. The molecule has 8 heteroatoms. The largest absolute Gasteiger partial charge is 0.465 e. The van der Waals surface area contributed by atoms with Gasteiger partial charge < -0.3 is 10.1 Å². The smallest absolute Gasteiger partial charge is 0.338 e. The topological polar surface area (TPSA) is 75.7 Å². The van der Waals surface area contributed by atoms with Crippen LogP contribution < -0.4 is 5.32 Å². The zero-order valence-electron chi connectivity index (χ0n) is 9.88. The normalized spacial score (nSPS) is 17.6. The van der Waals surface area contributed by atoms with E-state index in [1.807, 2.05) is 0 Å². The molecular formula is C10H14N2O4S2. The van der Waals surface area contributed by atoms with Crippen LogP contribution in [0.2, 0.25) is 0 Å². The molecule has 1 saturated heterocycles. The number of esters is 1. The molecular weight excluding hydrogens is 276 g/mol. The standard InChI is InChI=1S/C10H14N2O4S2/c1-16-10(13)8-6-9(17-7-8)18(14,15)12-4-2-11-3-5-12/h6-7,11H,2-5H2,1H3. The zero-order chi connectivity index (χ0) is 13.2. The molecule has 0 radical (unpaired) electrons. The molecule has 0 amide bonds. The number of methoxy groups -OCH3 is 1. The zero-order valence-corrected chi connectivity index (χ0v) is 11.5. The third kappa shape index (κ3) is 2.56. The minimum absolute atomic E-state index is 0.185. The summed E-state index contributed by atoms with van der Waals surface area (Å²) in [4.78, 5) is 11.3. The second kappa shape index (κ2) is 5.35. The van der Waals surface area contributed by atoms with Crippen molar-refractivity contribution in [3.05, 3.63) is 17.0 Å². The van der Waals surface area contributed by atoms with Gasteiger partial charge in [-0.25, -0.2) is 13.2 Å². The van der Waals surface area contributed by atoms with E-state index in [1.165, 1.54) is 22.9 Å². The molecule has 1 fully saturated rings. The summed E-state index contributed by atoms with van der Waals surface area (Å²) in [7, 11) is -2.21. The van der Waals surface area contributed by atoms with E-state index in [0.29, 0.717) is 26.2 Å². The molecule has 0 unspecified atom stereocenters. The Labute approximate surface area is 110 Å². The molecule has 1 aromatic heterocycles. The summed E-state index contributed by atoms with van der Waals surface area (Å²) in [6.07, 6.45) is 0. The van der Waals surface area contributed by atoms with Crippen LogP contribution in [0.15, 0.2) is 15.7 Å². The Kier molecular flexibility index (Phi) is 4.00. The number of hydrogen-bond acceptors (Lipinski definition) is 6. The van der Waals surface area contributed by atoms with Crippen LogP contribution in [0.5, 0.6) is 0 Å². The number of rotatable bonds is 3. The maximum absolute atomic E-state index is 12.3. The highest BCUT2D eigenvalue weighted by atomic mass is 32.2. The van der Waals surface area contributed by atoms with Gasteiger partial charge in [-0.3, -0.25) is 0 Å². The van der Waals surface area contributed by atoms with Crippen LogP contribution in [0, 0.1) is 0 Å². The number of hydrogen-bond donors (Lipinski definition) is 1. The summed E-state index contributed by atoms with van der Waals surface area (Å²) in [6, 6.07) is 1.37. The molecule has 0 spiro atoms. The highest BCUT2D eigenvalue weighted by Crippen LogP contribution is 2.24. The number of nitrogens with zero attached hydrogens (tertiary/aromatic N) is 1. The minimum Gasteiger partial charge on any atom is -0.465 e. The molecule has 0 aliphatic carbocycles. The average Bonchev–Trinajstić information content (AvgIpc) is 2.89. The summed E-state index contributed by atoms with van der Waals surface area (Å²) in [5.74, 6) is -0.520. The fourth-order valence-corrected chi connectivity index (χ4v) is 4.43. The fraction of sp³-hybridized carbons (Fsp3) is 0.500. The predicted molar refractivity (Wildman–Crippen MR) is 67.3 cm³/mol. The average molecular weight is 290 g/mol. The van der Waals surface area contributed by atoms with Crippen molar-refractivity contribution in [3.63, 3.8) is 0 Å². The number of carbonyl (C=O) groups is 1. The van der Waals surface area contributed by atoms with Crippen LogP contribution in [0.1, 0.15) is 10.4 Å². The number of nitrogens with one attached hydrogen (secondary N) is 1. The molecule has 0 bridgehead atoms. The van der Waals surface area contributed by atoms with Gasteiger partial charge in [0.25, 0.3) is 10.0 Å². The highest BCUT2D eigenvalue weighted by molar-refractivity contribution is 7.91. The molecule has 1 aromatic rings. The molecule has 100 valence electrons. The van der Waals surface area contributed by atoms with E-state index in [2.05, 4.69) is 10.1 Å². The van der Waals surface area contributed by atoms with Gasteiger partial charge in [0, 0.05) is 31.6 Å². The van der Waals surface area contributed by atoms with E-state index in [4.69, 9.17) is 0 Å². The SMILES string of the molecule is COC(=O)c1csc(S(=O)(=O)N2CCNCC2)c1. The molecule has 0 aromatic carbocycles. The van der Waals surface area contributed by atoms with Gasteiger partial charge in [-0.2, -0.15) is 4.31 Å². The van der Waals surface area contributed by atoms with Gasteiger partial charge in [0.1, 0.15) is 4.21 Å². The lowest BCUT2D eigenvalue weighted by Gasteiger charge is -2.25. The maximum Gasteiger partial charge on any atom is 0.338 e. The summed E-state index contributed by atoms with van der Waals surface area (Å²) < 4.78 is 30.7. The minimum atomic E-state index is -3.48. The van der Waals surface area contributed by atoms with Crippen molar-refractivity contribution >= 4 is 27.3 Å². The maximum atomic E-state index is 12.3. The molecule has 1 N–H and O–H groups in total. The Morgan fingerprint density at radius 3 is 2.72 bits per heavy atom. The summed E-state index contributed by atoms with van der Waals surface area (Å²) in [5.41, 5.74) is 0.274. The molecule has 2 heterocycles. The van der Waals surface area contributed by atoms with Crippen LogP contribution in [0.4, 0.5) is 0 Å². The molecule has 2 rings (SSSR count). The number of sulfonamides is 1. The molecule has 18 heavy (non-hydrogen) atoms. The van der Waals surface area contributed by atoms with Crippen molar-refractivity contribution in [1.29, 1.82) is 0 Å². The van der Waals surface area contributed by atoms with Crippen LogP contribution in [-0.4, -0.2) is 52.0 Å². The first kappa shape index (κ1) is 13.5. The van der Waals surface area contributed by atoms with E-state index in [1.54, 1.807) is 0 Å². The molecule has 0 atom stereocenters. The van der Waals surface area contributed by atoms with E-state index in [9.17, 15) is 13.2 Å². The summed E-state index contributed by atoms with van der Waals surface area (Å²) in [5, 5.41) is 4.59. The first-order chi connectivity index (χ1) is 8.55. The third-order valence-corrected chi connectivity index (χ3v) is 5.98. The quantitative estimate of drug-likeness (QED) is 0.801. The van der Waals surface area contributed by atoms with Crippen LogP contribution in [-0.2, 0) is 14.8 Å². The van der Waals surface area contributed by atoms with Gasteiger partial charge in [0.2, 0.25) is 0 Å². The van der Waals surface area contributed by atoms with Crippen molar-refractivity contribution in [1.82, 2.24) is 9.62 Å². The van der Waals surface area contributed by atoms with Gasteiger partial charge in [0.05, 0.1) is 12.7 Å². The molecule has 1 aliphatic heterocycles. The van der Waals surface area contributed by atoms with Gasteiger partial charge in [-0.1, -0.05) is 0 Å². The second-order valence-corrected chi connectivity index (χ2v) is 6.88. The second-order valence-electron chi connectivity index (χ2n) is 3.80. The van der Waals surface area contributed by atoms with Crippen LogP contribution in [0.3, 0.4) is 0 Å². The fourth-order valence-electron chi connectivity index (χ4n) is 1.69. The van der Waals surface area contributed by atoms with Crippen molar-refractivity contribution < 1.29 is 17.9 Å². The number of carbonyl (C=O) groups excluding carboxylic acids is 1. The summed E-state index contributed by atoms with van der Waals surface area (Å²) >= 11 is 1.04. The Morgan fingerprint density at radius 2 is 2.11 bits per heavy atom. The van der Waals surface area contributed by atoms with Crippen molar-refractivity contribution in [2.45, 2.75) is 4.21 Å². The van der Waals surface area contributed by atoms with E-state index >= 15 is 0 Å². The van der Waals surface area contributed by atoms with Gasteiger partial charge in [-0.15, -0.1) is 11.3 Å². The van der Waals surface area contributed by atoms with Crippen molar-refractivity contribution in [2.24, 2.45) is 0 Å². The lowest BCUT2D eigenvalue weighted by Crippen LogP contribution is -2.46. The number of thiophene rings is 1. The highest BCUT2D eigenvalue weighted by Gasteiger charge is 2.28. The van der Waals surface area contributed by atoms with E-state index in [0.717, 1.165) is 11.3 Å². The van der Waals surface area contributed by atoms with E-state index < -0.39 is 16.0 Å². The first-order valence-corrected chi connectivity index (χ1v) is 7.75. The van der Waals surface area contributed by atoms with Gasteiger partial charge in [0.15, 0.2) is 0 Å². The molecule has 6 nitrogen and oxygen atoms in total. The van der Waals surface area contributed by atoms with Crippen molar-refractivity contribution in [3.8, 4) is 0 Å². The lowest BCUT2D eigenvalue weighted by atomic mass is 10.3. The Balaban J connectivity index is 2.24. The van der Waals surface area contributed by atoms with Gasteiger partial charge in [-0.05, 0) is 6.07 Å². The van der Waals surface area contributed by atoms with E-state index in [-0.39, 0.29) is 9.77 Å². The molecule has 1 aliphatic rings. The van der Waals surface area contributed by atoms with Gasteiger partial charge >= 0.3 is 5.97 Å². The van der Waals surface area contributed by atoms with Crippen LogP contribution >= 0.6 is 11.3 Å². The Bertz CT molecular complexity index is 532. The summed E-state index contributed by atoms with van der Waals surface area (Å²) in [6.45, 7) is 2.20. The number of ether oxygens (including phenoxy) is 1. The Hall–Kier alpha value is -0.960. The monoisotopic (exact) mass is 290 g/mol.